The van der Waals surface area contributed by atoms with Gasteiger partial charge in [0.2, 0.25) is 0 Å². The number of nitrogens with zero attached hydrogens (tertiary/aromatic N) is 3. The number of aromatic nitrogens is 2. The molecule has 176 valence electrons. The molecule has 0 aliphatic heterocycles. The molecule has 0 saturated carbocycles. The molecule has 1 heterocycles. The third kappa shape index (κ3) is 5.55. The molecule has 35 heavy (non-hydrogen) atoms. The van der Waals surface area contributed by atoms with Crippen molar-refractivity contribution in [1.29, 1.82) is 0 Å². The fourth-order valence-corrected chi connectivity index (χ4v) is 3.81. The van der Waals surface area contributed by atoms with E-state index in [0.29, 0.717) is 16.9 Å². The van der Waals surface area contributed by atoms with E-state index in [1.165, 1.54) is 72.0 Å². The Bertz CT molecular complexity index is 1320. The summed E-state index contributed by atoms with van der Waals surface area (Å²) < 4.78 is 27.1. The van der Waals surface area contributed by atoms with Crippen LogP contribution in [0.4, 0.5) is 20.2 Å². The van der Waals surface area contributed by atoms with Gasteiger partial charge in [-0.3, -0.25) is 19.5 Å². The predicted molar refractivity (Wildman–Crippen MR) is 129 cm³/mol. The zero-order valence-electron chi connectivity index (χ0n) is 19.1. The van der Waals surface area contributed by atoms with Gasteiger partial charge < -0.3 is 5.32 Å². The molecule has 2 amide bonds. The topological polar surface area (TPSA) is 75.2 Å². The normalized spacial score (nSPS) is 11.5. The summed E-state index contributed by atoms with van der Waals surface area (Å²) in [5.41, 5.74) is 2.98. The third-order valence-corrected chi connectivity index (χ3v) is 5.29. The van der Waals surface area contributed by atoms with Crippen molar-refractivity contribution >= 4 is 23.2 Å². The summed E-state index contributed by atoms with van der Waals surface area (Å²) in [5.74, 6) is -2.07. The number of hydrogen-bond acceptors (Lipinski definition) is 4. The molecular formula is C27H22F2N4O2. The summed E-state index contributed by atoms with van der Waals surface area (Å²) in [4.78, 5) is 36.9. The lowest BCUT2D eigenvalue weighted by molar-refractivity contribution is -0.117. The number of anilines is 2. The summed E-state index contributed by atoms with van der Waals surface area (Å²) in [6.45, 7) is 3.76. The number of nitrogens with one attached hydrogen (secondary N) is 1. The SMILES string of the molecule is Cc1cc(C)cc(N(C(=O)c2cnccn2)C(C(=O)Nc2ccc(F)cc2)c2ccc(F)cc2)c1. The highest BCUT2D eigenvalue weighted by molar-refractivity contribution is 6.11. The fourth-order valence-electron chi connectivity index (χ4n) is 3.81. The first kappa shape index (κ1) is 23.7. The second-order valence-corrected chi connectivity index (χ2v) is 8.06. The highest BCUT2D eigenvalue weighted by Gasteiger charge is 2.34. The second-order valence-electron chi connectivity index (χ2n) is 8.06. The van der Waals surface area contributed by atoms with Crippen molar-refractivity contribution in [2.75, 3.05) is 10.2 Å². The number of halogens is 2. The number of hydrogen-bond donors (Lipinski definition) is 1. The quantitative estimate of drug-likeness (QED) is 0.408. The molecule has 0 radical (unpaired) electrons. The Morgan fingerprint density at radius 3 is 2.03 bits per heavy atom. The van der Waals surface area contributed by atoms with Crippen LogP contribution in [-0.4, -0.2) is 21.8 Å². The Hall–Kier alpha value is -4.46. The molecule has 0 bridgehead atoms. The van der Waals surface area contributed by atoms with Crippen molar-refractivity contribution in [2.24, 2.45) is 0 Å². The zero-order valence-corrected chi connectivity index (χ0v) is 19.1. The van der Waals surface area contributed by atoms with E-state index in [-0.39, 0.29) is 5.69 Å². The van der Waals surface area contributed by atoms with Crippen LogP contribution >= 0.6 is 0 Å². The van der Waals surface area contributed by atoms with Crippen molar-refractivity contribution < 1.29 is 18.4 Å². The van der Waals surface area contributed by atoms with Gasteiger partial charge in [-0.25, -0.2) is 13.8 Å². The predicted octanol–water partition coefficient (Wildman–Crippen LogP) is 5.40. The number of rotatable bonds is 6. The Kier molecular flexibility index (Phi) is 6.91. The maximum atomic E-state index is 13.8. The lowest BCUT2D eigenvalue weighted by atomic mass is 10.0. The van der Waals surface area contributed by atoms with Crippen molar-refractivity contribution in [2.45, 2.75) is 19.9 Å². The van der Waals surface area contributed by atoms with Crippen LogP contribution in [0.25, 0.3) is 0 Å². The van der Waals surface area contributed by atoms with Crippen LogP contribution in [0, 0.1) is 25.5 Å². The highest BCUT2D eigenvalue weighted by Crippen LogP contribution is 2.32. The maximum Gasteiger partial charge on any atom is 0.279 e. The van der Waals surface area contributed by atoms with Crippen LogP contribution < -0.4 is 10.2 Å². The van der Waals surface area contributed by atoms with Crippen molar-refractivity contribution in [3.63, 3.8) is 0 Å². The van der Waals surface area contributed by atoms with Gasteiger partial charge in [0.15, 0.2) is 0 Å². The van der Waals surface area contributed by atoms with Crippen LogP contribution in [0.15, 0.2) is 85.3 Å². The molecule has 0 spiro atoms. The molecule has 6 nitrogen and oxygen atoms in total. The number of carbonyl (C=O) groups is 2. The van der Waals surface area contributed by atoms with Gasteiger partial charge in [-0.1, -0.05) is 18.2 Å². The van der Waals surface area contributed by atoms with E-state index in [1.807, 2.05) is 19.9 Å². The second kappa shape index (κ2) is 10.2. The largest absolute Gasteiger partial charge is 0.324 e. The first-order valence-corrected chi connectivity index (χ1v) is 10.8. The van der Waals surface area contributed by atoms with Gasteiger partial charge in [0.25, 0.3) is 11.8 Å². The van der Waals surface area contributed by atoms with Crippen molar-refractivity contribution in [3.8, 4) is 0 Å². The van der Waals surface area contributed by atoms with Gasteiger partial charge in [-0.15, -0.1) is 0 Å². The third-order valence-electron chi connectivity index (χ3n) is 5.29. The Labute approximate surface area is 201 Å². The Morgan fingerprint density at radius 1 is 0.857 bits per heavy atom. The zero-order chi connectivity index (χ0) is 24.9. The van der Waals surface area contributed by atoms with Crippen LogP contribution in [0.1, 0.15) is 33.2 Å². The van der Waals surface area contributed by atoms with Gasteiger partial charge >= 0.3 is 0 Å². The van der Waals surface area contributed by atoms with Gasteiger partial charge in [-0.2, -0.15) is 0 Å². The Morgan fingerprint density at radius 2 is 1.46 bits per heavy atom. The van der Waals surface area contributed by atoms with E-state index >= 15 is 0 Å². The molecule has 8 heteroatoms. The van der Waals surface area contributed by atoms with E-state index in [2.05, 4.69) is 15.3 Å². The number of carbonyl (C=O) groups excluding carboxylic acids is 2. The summed E-state index contributed by atoms with van der Waals surface area (Å²) in [6, 6.07) is 14.9. The van der Waals surface area contributed by atoms with Gasteiger partial charge in [0.1, 0.15) is 23.4 Å². The number of benzene rings is 3. The average Bonchev–Trinajstić information content (AvgIpc) is 2.84. The maximum absolute atomic E-state index is 13.8. The number of amides is 2. The lowest BCUT2D eigenvalue weighted by Gasteiger charge is -2.31. The molecule has 0 aliphatic rings. The minimum Gasteiger partial charge on any atom is -0.324 e. The summed E-state index contributed by atoms with van der Waals surface area (Å²) >= 11 is 0. The van der Waals surface area contributed by atoms with Crippen LogP contribution in [0.3, 0.4) is 0 Å². The Balaban J connectivity index is 1.87. The summed E-state index contributed by atoms with van der Waals surface area (Å²) in [5, 5.41) is 2.74. The van der Waals surface area contributed by atoms with Crippen molar-refractivity contribution in [3.05, 3.63) is 119 Å². The van der Waals surface area contributed by atoms with E-state index in [9.17, 15) is 18.4 Å². The fraction of sp³-hybridized carbons (Fsp3) is 0.111. The van der Waals surface area contributed by atoms with Crippen LogP contribution in [0.5, 0.6) is 0 Å². The van der Waals surface area contributed by atoms with E-state index < -0.39 is 29.5 Å². The molecule has 3 aromatic carbocycles. The van der Waals surface area contributed by atoms with E-state index in [1.54, 1.807) is 12.1 Å². The minimum absolute atomic E-state index is 0.0355. The average molecular weight is 472 g/mol. The molecule has 4 aromatic rings. The van der Waals surface area contributed by atoms with Gasteiger partial charge in [-0.05, 0) is 79.1 Å². The molecule has 0 saturated heterocycles. The van der Waals surface area contributed by atoms with Gasteiger partial charge in [0.05, 0.1) is 6.20 Å². The molecule has 1 aromatic heterocycles. The van der Waals surface area contributed by atoms with Gasteiger partial charge in [0, 0.05) is 23.8 Å². The number of aryl methyl sites for hydroxylation is 2. The summed E-state index contributed by atoms with van der Waals surface area (Å²) in [7, 11) is 0. The summed E-state index contributed by atoms with van der Waals surface area (Å²) in [6.07, 6.45) is 4.15. The van der Waals surface area contributed by atoms with Crippen LogP contribution in [-0.2, 0) is 4.79 Å². The van der Waals surface area contributed by atoms with Crippen LogP contribution in [0.2, 0.25) is 0 Å². The minimum atomic E-state index is -1.20. The molecule has 1 N–H and O–H groups in total. The van der Waals surface area contributed by atoms with E-state index in [4.69, 9.17) is 0 Å². The first-order valence-electron chi connectivity index (χ1n) is 10.8. The molecule has 1 atom stereocenters. The monoisotopic (exact) mass is 472 g/mol. The highest BCUT2D eigenvalue weighted by atomic mass is 19.1. The first-order chi connectivity index (χ1) is 16.8. The molecule has 1 unspecified atom stereocenters. The smallest absolute Gasteiger partial charge is 0.279 e. The lowest BCUT2D eigenvalue weighted by Crippen LogP contribution is -2.42. The molecular weight excluding hydrogens is 450 g/mol. The van der Waals surface area contributed by atoms with Crippen molar-refractivity contribution in [1.82, 2.24) is 9.97 Å². The molecule has 4 rings (SSSR count). The molecule has 0 aliphatic carbocycles. The standard InChI is InChI=1S/C27H22F2N4O2/c1-17-13-18(2)15-23(14-17)33(27(35)24-16-30-11-12-31-24)25(19-3-5-20(28)6-4-19)26(34)32-22-9-7-21(29)8-10-22/h3-16,25H,1-2H3,(H,32,34). The van der Waals surface area contributed by atoms with E-state index in [0.717, 1.165) is 11.1 Å². The molecule has 0 fully saturated rings.